The van der Waals surface area contributed by atoms with Crippen LogP contribution in [-0.2, 0) is 0 Å². The normalized spacial score (nSPS) is 10.2. The average molecular weight is 320 g/mol. The maximum atomic E-state index is 12.4. The molecule has 0 aliphatic rings. The molecule has 0 aliphatic carbocycles. The van der Waals surface area contributed by atoms with Crippen molar-refractivity contribution in [1.29, 1.82) is 0 Å². The number of carbonyl (C=O) groups excluding carboxylic acids is 1. The molecule has 0 aliphatic heterocycles. The Morgan fingerprint density at radius 2 is 1.95 bits per heavy atom. The van der Waals surface area contributed by atoms with Crippen LogP contribution < -0.4 is 14.8 Å². The highest BCUT2D eigenvalue weighted by Gasteiger charge is 2.12. The van der Waals surface area contributed by atoms with Gasteiger partial charge in [-0.15, -0.1) is 0 Å². The van der Waals surface area contributed by atoms with Crippen LogP contribution in [0.5, 0.6) is 11.5 Å². The van der Waals surface area contributed by atoms with Gasteiger partial charge in [0.1, 0.15) is 0 Å². The standard InChI is InChI=1S/C17H18ClNO3/c1-4-22-16-9-12(6-8-15(16)21-3)17(20)19-14-10-13(18)7-5-11(14)2/h5-10H,4H2,1-3H3,(H,19,20). The molecule has 0 heterocycles. The van der Waals surface area contributed by atoms with Crippen molar-refractivity contribution < 1.29 is 14.3 Å². The van der Waals surface area contributed by atoms with Crippen molar-refractivity contribution in [2.24, 2.45) is 0 Å². The number of hydrogen-bond donors (Lipinski definition) is 1. The second-order valence-corrected chi connectivity index (χ2v) is 5.15. The number of hydrogen-bond acceptors (Lipinski definition) is 3. The number of carbonyl (C=O) groups is 1. The van der Waals surface area contributed by atoms with Gasteiger partial charge < -0.3 is 14.8 Å². The molecular weight excluding hydrogens is 302 g/mol. The third-order valence-corrected chi connectivity index (χ3v) is 3.41. The van der Waals surface area contributed by atoms with E-state index in [1.54, 1.807) is 37.4 Å². The summed E-state index contributed by atoms with van der Waals surface area (Å²) < 4.78 is 10.7. The van der Waals surface area contributed by atoms with E-state index in [1.807, 2.05) is 19.9 Å². The van der Waals surface area contributed by atoms with Gasteiger partial charge in [-0.1, -0.05) is 17.7 Å². The largest absolute Gasteiger partial charge is 0.493 e. The van der Waals surface area contributed by atoms with Crippen molar-refractivity contribution >= 4 is 23.2 Å². The first-order valence-corrected chi connectivity index (χ1v) is 7.31. The number of rotatable bonds is 5. The Kier molecular flexibility index (Phi) is 5.28. The molecule has 0 saturated carbocycles. The summed E-state index contributed by atoms with van der Waals surface area (Å²) in [7, 11) is 1.56. The number of nitrogens with one attached hydrogen (secondary N) is 1. The quantitative estimate of drug-likeness (QED) is 0.893. The van der Waals surface area contributed by atoms with E-state index in [0.717, 1.165) is 5.56 Å². The number of ether oxygens (including phenoxy) is 2. The number of benzene rings is 2. The second-order valence-electron chi connectivity index (χ2n) is 4.71. The highest BCUT2D eigenvalue weighted by atomic mass is 35.5. The van der Waals surface area contributed by atoms with Crippen molar-refractivity contribution in [3.63, 3.8) is 0 Å². The molecule has 0 saturated heterocycles. The average Bonchev–Trinajstić information content (AvgIpc) is 2.51. The summed E-state index contributed by atoms with van der Waals surface area (Å²) >= 11 is 5.96. The molecule has 1 N–H and O–H groups in total. The molecule has 4 nitrogen and oxygen atoms in total. The van der Waals surface area contributed by atoms with Crippen LogP contribution in [0.3, 0.4) is 0 Å². The van der Waals surface area contributed by atoms with Crippen LogP contribution in [0.15, 0.2) is 36.4 Å². The third kappa shape index (κ3) is 3.71. The van der Waals surface area contributed by atoms with Gasteiger partial charge >= 0.3 is 0 Å². The summed E-state index contributed by atoms with van der Waals surface area (Å²) in [6.45, 7) is 4.28. The van der Waals surface area contributed by atoms with E-state index in [1.165, 1.54) is 0 Å². The van der Waals surface area contributed by atoms with Gasteiger partial charge in [0.2, 0.25) is 0 Å². The molecule has 0 atom stereocenters. The maximum absolute atomic E-state index is 12.4. The third-order valence-electron chi connectivity index (χ3n) is 3.17. The summed E-state index contributed by atoms with van der Waals surface area (Å²) in [5.41, 5.74) is 2.12. The molecule has 0 bridgehead atoms. The zero-order chi connectivity index (χ0) is 16.1. The Morgan fingerprint density at radius 3 is 2.64 bits per heavy atom. The van der Waals surface area contributed by atoms with Crippen LogP contribution in [0, 0.1) is 6.92 Å². The van der Waals surface area contributed by atoms with E-state index in [4.69, 9.17) is 21.1 Å². The summed E-state index contributed by atoms with van der Waals surface area (Å²) in [6.07, 6.45) is 0. The van der Waals surface area contributed by atoms with E-state index in [9.17, 15) is 4.79 Å². The number of amides is 1. The van der Waals surface area contributed by atoms with Crippen molar-refractivity contribution in [3.8, 4) is 11.5 Å². The summed E-state index contributed by atoms with van der Waals surface area (Å²) in [4.78, 5) is 12.4. The van der Waals surface area contributed by atoms with Gasteiger partial charge in [-0.05, 0) is 49.7 Å². The molecule has 0 radical (unpaired) electrons. The van der Waals surface area contributed by atoms with E-state index in [-0.39, 0.29) is 5.91 Å². The molecular formula is C17H18ClNO3. The van der Waals surface area contributed by atoms with Crippen LogP contribution in [0.2, 0.25) is 5.02 Å². The number of halogens is 1. The van der Waals surface area contributed by atoms with Crippen molar-refractivity contribution in [2.45, 2.75) is 13.8 Å². The van der Waals surface area contributed by atoms with Crippen molar-refractivity contribution in [2.75, 3.05) is 19.0 Å². The lowest BCUT2D eigenvalue weighted by Crippen LogP contribution is -2.13. The first-order valence-electron chi connectivity index (χ1n) is 6.93. The van der Waals surface area contributed by atoms with Gasteiger partial charge in [-0.2, -0.15) is 0 Å². The molecule has 0 fully saturated rings. The molecule has 2 aromatic carbocycles. The van der Waals surface area contributed by atoms with Gasteiger partial charge in [-0.3, -0.25) is 4.79 Å². The second kappa shape index (κ2) is 7.18. The predicted molar refractivity (Wildman–Crippen MR) is 88.3 cm³/mol. The first kappa shape index (κ1) is 16.2. The molecule has 22 heavy (non-hydrogen) atoms. The highest BCUT2D eigenvalue weighted by molar-refractivity contribution is 6.31. The van der Waals surface area contributed by atoms with Crippen LogP contribution in [0.25, 0.3) is 0 Å². The van der Waals surface area contributed by atoms with E-state index >= 15 is 0 Å². The Bertz CT molecular complexity index is 686. The lowest BCUT2D eigenvalue weighted by molar-refractivity contribution is 0.102. The van der Waals surface area contributed by atoms with Gasteiger partial charge in [0.25, 0.3) is 5.91 Å². The van der Waals surface area contributed by atoms with E-state index < -0.39 is 0 Å². The summed E-state index contributed by atoms with van der Waals surface area (Å²) in [5.74, 6) is 0.909. The van der Waals surface area contributed by atoms with Gasteiger partial charge in [0.15, 0.2) is 11.5 Å². The molecule has 2 aromatic rings. The van der Waals surface area contributed by atoms with Crippen molar-refractivity contribution in [3.05, 3.63) is 52.5 Å². The highest BCUT2D eigenvalue weighted by Crippen LogP contribution is 2.29. The minimum absolute atomic E-state index is 0.228. The zero-order valence-electron chi connectivity index (χ0n) is 12.8. The molecule has 2 rings (SSSR count). The number of anilines is 1. The summed E-state index contributed by atoms with van der Waals surface area (Å²) in [6, 6.07) is 10.4. The van der Waals surface area contributed by atoms with Gasteiger partial charge in [0.05, 0.1) is 13.7 Å². The Morgan fingerprint density at radius 1 is 1.18 bits per heavy atom. The molecule has 1 amide bonds. The number of aryl methyl sites for hydroxylation is 1. The number of methoxy groups -OCH3 is 1. The van der Waals surface area contributed by atoms with Crippen LogP contribution >= 0.6 is 11.6 Å². The van der Waals surface area contributed by atoms with E-state index in [2.05, 4.69) is 5.32 Å². The topological polar surface area (TPSA) is 47.6 Å². The molecule has 0 spiro atoms. The lowest BCUT2D eigenvalue weighted by atomic mass is 10.1. The molecule has 5 heteroatoms. The smallest absolute Gasteiger partial charge is 0.255 e. The van der Waals surface area contributed by atoms with E-state index in [0.29, 0.717) is 34.4 Å². The lowest BCUT2D eigenvalue weighted by Gasteiger charge is -2.12. The zero-order valence-corrected chi connectivity index (χ0v) is 13.5. The van der Waals surface area contributed by atoms with Gasteiger partial charge in [0, 0.05) is 16.3 Å². The SMILES string of the molecule is CCOc1cc(C(=O)Nc2cc(Cl)ccc2C)ccc1OC. The van der Waals surface area contributed by atoms with Crippen LogP contribution in [0.1, 0.15) is 22.8 Å². The van der Waals surface area contributed by atoms with Crippen LogP contribution in [-0.4, -0.2) is 19.6 Å². The van der Waals surface area contributed by atoms with Crippen molar-refractivity contribution in [1.82, 2.24) is 0 Å². The monoisotopic (exact) mass is 319 g/mol. The Hall–Kier alpha value is -2.20. The predicted octanol–water partition coefficient (Wildman–Crippen LogP) is 4.31. The fourth-order valence-corrected chi connectivity index (χ4v) is 2.18. The fraction of sp³-hybridized carbons (Fsp3) is 0.235. The maximum Gasteiger partial charge on any atom is 0.255 e. The summed E-state index contributed by atoms with van der Waals surface area (Å²) in [5, 5.41) is 3.43. The Balaban J connectivity index is 2.25. The first-order chi connectivity index (χ1) is 10.5. The minimum Gasteiger partial charge on any atom is -0.493 e. The molecule has 116 valence electrons. The molecule has 0 unspecified atom stereocenters. The molecule has 0 aromatic heterocycles. The van der Waals surface area contributed by atoms with Gasteiger partial charge in [-0.25, -0.2) is 0 Å². The Labute approximate surface area is 135 Å². The fourth-order valence-electron chi connectivity index (χ4n) is 2.01. The minimum atomic E-state index is -0.228. The van der Waals surface area contributed by atoms with Crippen LogP contribution in [0.4, 0.5) is 5.69 Å².